The summed E-state index contributed by atoms with van der Waals surface area (Å²) in [7, 11) is 1.89. The van der Waals surface area contributed by atoms with E-state index in [0.717, 1.165) is 24.0 Å². The number of rotatable bonds is 9. The van der Waals surface area contributed by atoms with Gasteiger partial charge in [0, 0.05) is 32.3 Å². The lowest BCUT2D eigenvalue weighted by Gasteiger charge is -2.24. The second-order valence-electron chi connectivity index (χ2n) is 5.19. The maximum atomic E-state index is 5.44. The van der Waals surface area contributed by atoms with Crippen LogP contribution in [0.1, 0.15) is 45.4 Å². The smallest absolute Gasteiger partial charge is 0.158 e. The molecule has 1 aromatic rings. The first-order valence-corrected chi connectivity index (χ1v) is 7.68. The van der Waals surface area contributed by atoms with E-state index in [1.165, 1.54) is 25.7 Å². The van der Waals surface area contributed by atoms with Crippen LogP contribution >= 0.6 is 0 Å². The minimum absolute atomic E-state index is 0.477. The van der Waals surface area contributed by atoms with Crippen LogP contribution in [-0.4, -0.2) is 36.2 Å². The van der Waals surface area contributed by atoms with Gasteiger partial charge in [-0.3, -0.25) is 0 Å². The van der Waals surface area contributed by atoms with Crippen LogP contribution in [0.25, 0.3) is 0 Å². The zero-order valence-electron chi connectivity index (χ0n) is 12.9. The van der Waals surface area contributed by atoms with Crippen LogP contribution in [0.3, 0.4) is 0 Å². The fourth-order valence-electron chi connectivity index (χ4n) is 2.22. The summed E-state index contributed by atoms with van der Waals surface area (Å²) in [6.45, 7) is 6.45. The third-order valence-electron chi connectivity index (χ3n) is 3.48. The molecule has 0 spiro atoms. The van der Waals surface area contributed by atoms with Crippen LogP contribution in [0, 0.1) is 0 Å². The lowest BCUT2D eigenvalue weighted by atomic mass is 10.3. The Kier molecular flexibility index (Phi) is 5.59. The van der Waals surface area contributed by atoms with Crippen LogP contribution in [0.5, 0.6) is 0 Å². The van der Waals surface area contributed by atoms with Gasteiger partial charge < -0.3 is 15.0 Å². The molecule has 1 N–H and O–H groups in total. The highest BCUT2D eigenvalue weighted by atomic mass is 16.5. The Morgan fingerprint density at radius 2 is 2.15 bits per heavy atom. The summed E-state index contributed by atoms with van der Waals surface area (Å²) >= 11 is 0. The molecule has 1 aliphatic carbocycles. The molecule has 1 saturated carbocycles. The fourth-order valence-corrected chi connectivity index (χ4v) is 2.22. The summed E-state index contributed by atoms with van der Waals surface area (Å²) in [4.78, 5) is 11.6. The van der Waals surface area contributed by atoms with Crippen molar-refractivity contribution in [3.8, 4) is 0 Å². The van der Waals surface area contributed by atoms with E-state index >= 15 is 0 Å². The molecule has 0 bridgehead atoms. The Balaban J connectivity index is 2.18. The predicted molar refractivity (Wildman–Crippen MR) is 82.2 cm³/mol. The van der Waals surface area contributed by atoms with Crippen molar-refractivity contribution < 1.29 is 4.74 Å². The molecule has 20 heavy (non-hydrogen) atoms. The van der Waals surface area contributed by atoms with Gasteiger partial charge in [0.05, 0.1) is 0 Å². The molecule has 0 saturated heterocycles. The van der Waals surface area contributed by atoms with Crippen molar-refractivity contribution in [2.24, 2.45) is 0 Å². The molecule has 0 amide bonds. The summed E-state index contributed by atoms with van der Waals surface area (Å²) in [5, 5.41) is 3.12. The Morgan fingerprint density at radius 3 is 2.75 bits per heavy atom. The number of nitrogens with one attached hydrogen (secondary N) is 1. The Morgan fingerprint density at radius 1 is 1.35 bits per heavy atom. The third kappa shape index (κ3) is 4.07. The first-order chi connectivity index (χ1) is 9.78. The minimum atomic E-state index is 0.477. The van der Waals surface area contributed by atoms with Gasteiger partial charge in [0.2, 0.25) is 0 Å². The highest BCUT2D eigenvalue weighted by Gasteiger charge is 2.30. The molecule has 0 aliphatic heterocycles. The van der Waals surface area contributed by atoms with Crippen LogP contribution in [-0.2, 0) is 11.3 Å². The summed E-state index contributed by atoms with van der Waals surface area (Å²) in [5.41, 5.74) is 0. The molecule has 1 aliphatic rings. The van der Waals surface area contributed by atoms with Gasteiger partial charge in [0.1, 0.15) is 18.2 Å². The van der Waals surface area contributed by atoms with Gasteiger partial charge in [-0.1, -0.05) is 13.3 Å². The van der Waals surface area contributed by atoms with Crippen LogP contribution in [0.15, 0.2) is 6.07 Å². The van der Waals surface area contributed by atoms with Crippen molar-refractivity contribution in [2.45, 2.75) is 52.2 Å². The molecule has 1 heterocycles. The van der Waals surface area contributed by atoms with Crippen molar-refractivity contribution in [3.05, 3.63) is 11.9 Å². The summed E-state index contributed by atoms with van der Waals surface area (Å²) in [6, 6.07) is 2.71. The van der Waals surface area contributed by atoms with E-state index in [1.54, 1.807) is 0 Å². The van der Waals surface area contributed by atoms with Crippen molar-refractivity contribution >= 4 is 11.6 Å². The molecule has 0 radical (unpaired) electrons. The molecule has 1 fully saturated rings. The first kappa shape index (κ1) is 15.0. The average molecular weight is 278 g/mol. The van der Waals surface area contributed by atoms with Crippen LogP contribution < -0.4 is 10.2 Å². The van der Waals surface area contributed by atoms with E-state index in [2.05, 4.69) is 27.1 Å². The van der Waals surface area contributed by atoms with Crippen molar-refractivity contribution in [1.82, 2.24) is 9.97 Å². The maximum Gasteiger partial charge on any atom is 0.158 e. The summed E-state index contributed by atoms with van der Waals surface area (Å²) in [6.07, 6.45) is 4.97. The summed E-state index contributed by atoms with van der Waals surface area (Å²) in [5.74, 6) is 2.66. The monoisotopic (exact) mass is 278 g/mol. The average Bonchev–Trinajstić information content (AvgIpc) is 3.30. The number of ether oxygens (including phenoxy) is 1. The van der Waals surface area contributed by atoms with Crippen LogP contribution in [0.2, 0.25) is 0 Å². The molecule has 0 unspecified atom stereocenters. The van der Waals surface area contributed by atoms with E-state index in [9.17, 15) is 0 Å². The van der Waals surface area contributed by atoms with E-state index in [-0.39, 0.29) is 0 Å². The molecule has 0 aromatic carbocycles. The lowest BCUT2D eigenvalue weighted by Crippen LogP contribution is -2.28. The molecule has 2 rings (SSSR count). The number of hydrogen-bond donors (Lipinski definition) is 1. The van der Waals surface area contributed by atoms with Crippen molar-refractivity contribution in [3.63, 3.8) is 0 Å². The van der Waals surface area contributed by atoms with E-state index < -0.39 is 0 Å². The van der Waals surface area contributed by atoms with Crippen molar-refractivity contribution in [1.29, 1.82) is 0 Å². The molecule has 0 atom stereocenters. The van der Waals surface area contributed by atoms with E-state index in [1.807, 2.05) is 20.0 Å². The first-order valence-electron chi connectivity index (χ1n) is 7.68. The number of unbranched alkanes of at least 4 members (excludes halogenated alkanes) is 1. The van der Waals surface area contributed by atoms with E-state index in [4.69, 9.17) is 4.74 Å². The lowest BCUT2D eigenvalue weighted by molar-refractivity contribution is 0.128. The number of anilines is 2. The Bertz CT molecular complexity index is 420. The Labute approximate surface area is 121 Å². The molecular weight excluding hydrogens is 252 g/mol. The zero-order chi connectivity index (χ0) is 14.4. The molecular formula is C15H26N4O. The van der Waals surface area contributed by atoms with Gasteiger partial charge in [-0.15, -0.1) is 0 Å². The highest BCUT2D eigenvalue weighted by Crippen LogP contribution is 2.31. The molecule has 5 heteroatoms. The fraction of sp³-hybridized carbons (Fsp3) is 0.733. The van der Waals surface area contributed by atoms with Gasteiger partial charge in [-0.05, 0) is 26.2 Å². The topological polar surface area (TPSA) is 50.3 Å². The van der Waals surface area contributed by atoms with Crippen LogP contribution in [0.4, 0.5) is 11.6 Å². The molecule has 1 aromatic heterocycles. The van der Waals surface area contributed by atoms with Gasteiger partial charge in [0.25, 0.3) is 0 Å². The van der Waals surface area contributed by atoms with Gasteiger partial charge in [-0.25, -0.2) is 9.97 Å². The third-order valence-corrected chi connectivity index (χ3v) is 3.48. The van der Waals surface area contributed by atoms with Crippen molar-refractivity contribution in [2.75, 3.05) is 30.4 Å². The van der Waals surface area contributed by atoms with Gasteiger partial charge in [-0.2, -0.15) is 0 Å². The minimum Gasteiger partial charge on any atom is -0.374 e. The van der Waals surface area contributed by atoms with Gasteiger partial charge >= 0.3 is 0 Å². The number of nitrogens with zero attached hydrogens (tertiary/aromatic N) is 3. The predicted octanol–water partition coefficient (Wildman–Crippen LogP) is 2.82. The maximum absolute atomic E-state index is 5.44. The zero-order valence-corrected chi connectivity index (χ0v) is 12.9. The van der Waals surface area contributed by atoms with E-state index in [0.29, 0.717) is 19.3 Å². The Hall–Kier alpha value is -1.36. The number of aromatic nitrogens is 2. The second kappa shape index (κ2) is 7.43. The normalized spacial score (nSPS) is 14.3. The SMILES string of the molecule is CCCCN(c1cc(NC)nc(COCC)n1)C1CC1. The largest absolute Gasteiger partial charge is 0.374 e. The quantitative estimate of drug-likeness (QED) is 0.752. The number of hydrogen-bond acceptors (Lipinski definition) is 5. The summed E-state index contributed by atoms with van der Waals surface area (Å²) < 4.78 is 5.44. The second-order valence-corrected chi connectivity index (χ2v) is 5.19. The standard InChI is InChI=1S/C15H26N4O/c1-4-6-9-19(12-7-8-12)15-10-13(16-3)17-14(18-15)11-20-5-2/h10,12H,4-9,11H2,1-3H3,(H,16,17,18). The molecule has 5 nitrogen and oxygen atoms in total. The highest BCUT2D eigenvalue weighted by molar-refractivity contribution is 5.50. The van der Waals surface area contributed by atoms with Gasteiger partial charge in [0.15, 0.2) is 5.82 Å². The molecule has 112 valence electrons.